The smallest absolute Gasteiger partial charge is 0.303 e. The Hall–Kier alpha value is -5.24. The molecule has 56 heavy (non-hydrogen) atoms. The molecule has 2 aliphatic rings. The normalized spacial score (nSPS) is 15.8. The summed E-state index contributed by atoms with van der Waals surface area (Å²) < 4.78 is 12.6. The summed E-state index contributed by atoms with van der Waals surface area (Å²) in [7, 11) is 0. The lowest BCUT2D eigenvalue weighted by molar-refractivity contribution is -0.137. The largest absolute Gasteiger partial charge is 0.488 e. The number of aliphatic carboxylic acids is 1. The molecule has 10 heteroatoms. The summed E-state index contributed by atoms with van der Waals surface area (Å²) in [6.07, 6.45) is 5.79. The molecule has 1 unspecified atom stereocenters. The molecule has 0 saturated carbocycles. The number of aromatic nitrogens is 1. The first-order valence-electron chi connectivity index (χ1n) is 19.1. The molecular weight excluding hydrogens is 724 g/mol. The van der Waals surface area contributed by atoms with Crippen LogP contribution in [0.5, 0.6) is 11.5 Å². The Bertz CT molecular complexity index is 2290. The summed E-state index contributed by atoms with van der Waals surface area (Å²) in [5.74, 6) is 0.203. The Labute approximate surface area is 333 Å². The minimum atomic E-state index is -0.832. The van der Waals surface area contributed by atoms with E-state index in [-0.39, 0.29) is 19.6 Å². The van der Waals surface area contributed by atoms with Gasteiger partial charge in [0, 0.05) is 61.7 Å². The predicted molar refractivity (Wildman–Crippen MR) is 218 cm³/mol. The average molecular weight is 771 g/mol. The molecule has 4 aromatic carbocycles. The number of aliphatic hydroxyl groups is 1. The van der Waals surface area contributed by atoms with Crippen molar-refractivity contribution in [2.45, 2.75) is 77.9 Å². The summed E-state index contributed by atoms with van der Waals surface area (Å²) in [4.78, 5) is 17.5. The van der Waals surface area contributed by atoms with Gasteiger partial charge >= 0.3 is 5.97 Å². The van der Waals surface area contributed by atoms with Gasteiger partial charge in [-0.25, -0.2) is 0 Å². The lowest BCUT2D eigenvalue weighted by Gasteiger charge is -2.47. The van der Waals surface area contributed by atoms with Gasteiger partial charge in [-0.15, -0.1) is 0 Å². The first kappa shape index (κ1) is 39.0. The highest BCUT2D eigenvalue weighted by molar-refractivity contribution is 6.32. The molecule has 1 aromatic heterocycles. The molecule has 5 aromatic rings. The minimum Gasteiger partial charge on any atom is -0.488 e. The van der Waals surface area contributed by atoms with E-state index >= 15 is 0 Å². The van der Waals surface area contributed by atoms with E-state index in [2.05, 4.69) is 89.7 Å². The molecule has 9 nitrogen and oxygen atoms in total. The quantitative estimate of drug-likeness (QED) is 0.0903. The van der Waals surface area contributed by atoms with Gasteiger partial charge in [-0.1, -0.05) is 66.2 Å². The van der Waals surface area contributed by atoms with Crippen molar-refractivity contribution in [1.29, 1.82) is 5.26 Å². The molecular formula is C46H47ClN4O5. The first-order chi connectivity index (χ1) is 27.0. The topological polar surface area (TPSA) is 128 Å². The van der Waals surface area contributed by atoms with E-state index in [0.717, 1.165) is 53.7 Å². The van der Waals surface area contributed by atoms with Crippen LogP contribution in [-0.2, 0) is 37.4 Å². The summed E-state index contributed by atoms with van der Waals surface area (Å²) in [6, 6.07) is 27.6. The highest BCUT2D eigenvalue weighted by Gasteiger charge is 2.41. The number of benzene rings is 4. The molecule has 0 spiro atoms. The molecule has 1 atom stereocenters. The molecule has 3 N–H and O–H groups in total. The molecule has 1 aliphatic heterocycles. The van der Waals surface area contributed by atoms with Crippen molar-refractivity contribution >= 4 is 17.6 Å². The van der Waals surface area contributed by atoms with Gasteiger partial charge in [0.15, 0.2) is 0 Å². The van der Waals surface area contributed by atoms with Crippen LogP contribution in [0.1, 0.15) is 64.3 Å². The van der Waals surface area contributed by atoms with Crippen LogP contribution < -0.4 is 14.8 Å². The van der Waals surface area contributed by atoms with Crippen LogP contribution >= 0.6 is 11.6 Å². The maximum Gasteiger partial charge on any atom is 0.303 e. The zero-order valence-corrected chi connectivity index (χ0v) is 32.8. The fourth-order valence-electron chi connectivity index (χ4n) is 7.97. The fourth-order valence-corrected chi connectivity index (χ4v) is 8.21. The maximum atomic E-state index is 11.0. The number of nitrogens with one attached hydrogen (secondary N) is 1. The van der Waals surface area contributed by atoms with Crippen molar-refractivity contribution in [3.63, 3.8) is 0 Å². The molecule has 0 amide bonds. The van der Waals surface area contributed by atoms with E-state index < -0.39 is 11.6 Å². The number of ether oxygens (including phenoxy) is 2. The zero-order valence-electron chi connectivity index (χ0n) is 32.1. The third kappa shape index (κ3) is 8.90. The number of hydrogen-bond acceptors (Lipinski definition) is 8. The highest BCUT2D eigenvalue weighted by Crippen LogP contribution is 2.39. The van der Waals surface area contributed by atoms with Gasteiger partial charge in [-0.2, -0.15) is 5.26 Å². The zero-order chi connectivity index (χ0) is 39.4. The summed E-state index contributed by atoms with van der Waals surface area (Å²) in [5, 5.41) is 32.3. The Morgan fingerprint density at radius 3 is 2.43 bits per heavy atom. The van der Waals surface area contributed by atoms with E-state index in [1.807, 2.05) is 13.0 Å². The number of nitrogens with zero attached hydrogens (tertiary/aromatic N) is 3. The Morgan fingerprint density at radius 2 is 1.66 bits per heavy atom. The molecule has 1 fully saturated rings. The summed E-state index contributed by atoms with van der Waals surface area (Å²) in [6.45, 7) is 9.14. The number of hydrogen-bond donors (Lipinski definition) is 3. The van der Waals surface area contributed by atoms with Crippen molar-refractivity contribution in [3.8, 4) is 39.8 Å². The summed E-state index contributed by atoms with van der Waals surface area (Å²) in [5.41, 5.74) is 12.4. The predicted octanol–water partition coefficient (Wildman–Crippen LogP) is 8.20. The van der Waals surface area contributed by atoms with Crippen LogP contribution in [0, 0.1) is 25.2 Å². The third-order valence-electron chi connectivity index (χ3n) is 11.0. The Morgan fingerprint density at radius 1 is 0.929 bits per heavy atom. The summed E-state index contributed by atoms with van der Waals surface area (Å²) >= 11 is 6.81. The highest BCUT2D eigenvalue weighted by atomic mass is 35.5. The average Bonchev–Trinajstić information content (AvgIpc) is 3.60. The number of carboxylic acid groups (broad SMARTS) is 1. The van der Waals surface area contributed by atoms with Crippen molar-refractivity contribution < 1.29 is 24.5 Å². The van der Waals surface area contributed by atoms with E-state index in [4.69, 9.17) is 26.2 Å². The molecule has 2 heterocycles. The lowest BCUT2D eigenvalue weighted by atomic mass is 9.89. The second-order valence-electron chi connectivity index (χ2n) is 15.4. The van der Waals surface area contributed by atoms with Crippen LogP contribution in [0.25, 0.3) is 22.3 Å². The van der Waals surface area contributed by atoms with E-state index in [0.29, 0.717) is 47.6 Å². The van der Waals surface area contributed by atoms with Gasteiger partial charge in [0.1, 0.15) is 30.8 Å². The van der Waals surface area contributed by atoms with Gasteiger partial charge in [0.25, 0.3) is 0 Å². The van der Waals surface area contributed by atoms with Crippen LogP contribution in [0.15, 0.2) is 85.2 Å². The van der Waals surface area contributed by atoms with Gasteiger partial charge in [-0.05, 0) is 109 Å². The monoisotopic (exact) mass is 770 g/mol. The Kier molecular flexibility index (Phi) is 11.7. The lowest BCUT2D eigenvalue weighted by Crippen LogP contribution is -2.63. The molecule has 0 bridgehead atoms. The van der Waals surface area contributed by atoms with Gasteiger partial charge in [0.2, 0.25) is 0 Å². The van der Waals surface area contributed by atoms with Crippen molar-refractivity contribution in [2.75, 3.05) is 19.6 Å². The second-order valence-corrected chi connectivity index (χ2v) is 15.8. The van der Waals surface area contributed by atoms with Crippen LogP contribution in [0.3, 0.4) is 0 Å². The second kappa shape index (κ2) is 16.9. The minimum absolute atomic E-state index is 0.0821. The molecule has 288 valence electrons. The maximum absolute atomic E-state index is 11.0. The number of likely N-dealkylation sites (tertiary alicyclic amines) is 1. The SMILES string of the molecule is Cc1c(COc2cc(OCc3cncc(C#N)c3)c(CNCCCC(=O)O)cc2Cl)cccc1-c1cccc(-c2ccc3c(c2)CC(N2CC(C)(O)C2)C3)c1C. The van der Waals surface area contributed by atoms with Gasteiger partial charge in [0.05, 0.1) is 16.2 Å². The Balaban J connectivity index is 1.08. The standard InChI is InChI=1S/C46H47ClN4O5/c1-29-35(26-56-44-20-43(55-25-32-15-31(21-48)22-50-23-32)37(19-42(44)47)24-49-14-6-11-45(52)53)7-4-9-40(29)41-10-5-8-39(30(41)2)34-13-12-33-17-38(18-36(33)16-34)51-27-46(3,54)28-51/h4-5,7-10,12-13,15-16,19-20,22-23,38,49,54H,6,11,14,17-18,24-28H2,1-3H3,(H,52,53). The van der Waals surface area contributed by atoms with Gasteiger partial charge in [-0.3, -0.25) is 14.7 Å². The number of β-amino-alcohol motifs (C(OH)–C–C–N with tert-alkyl or cyclic N) is 1. The fraction of sp³-hybridized carbons (Fsp3) is 0.326. The van der Waals surface area contributed by atoms with Crippen LogP contribution in [0.2, 0.25) is 5.02 Å². The van der Waals surface area contributed by atoms with Crippen LogP contribution in [0.4, 0.5) is 0 Å². The van der Waals surface area contributed by atoms with E-state index in [1.54, 1.807) is 18.3 Å². The van der Waals surface area contributed by atoms with Crippen molar-refractivity contribution in [1.82, 2.24) is 15.2 Å². The third-order valence-corrected chi connectivity index (χ3v) is 11.3. The molecule has 1 aliphatic carbocycles. The van der Waals surface area contributed by atoms with Crippen molar-refractivity contribution in [3.05, 3.63) is 135 Å². The first-order valence-corrected chi connectivity index (χ1v) is 19.5. The van der Waals surface area contributed by atoms with Crippen molar-refractivity contribution in [2.24, 2.45) is 0 Å². The van der Waals surface area contributed by atoms with Crippen LogP contribution in [-0.4, -0.2) is 57.3 Å². The molecule has 1 saturated heterocycles. The number of pyridine rings is 1. The number of carbonyl (C=O) groups is 1. The molecule has 7 rings (SSSR count). The number of halogens is 1. The van der Waals surface area contributed by atoms with Gasteiger partial charge < -0.3 is 25.0 Å². The number of nitriles is 1. The number of rotatable bonds is 15. The number of carboxylic acids is 1. The molecule has 0 radical (unpaired) electrons. The van der Waals surface area contributed by atoms with E-state index in [9.17, 15) is 15.2 Å². The van der Waals surface area contributed by atoms with E-state index in [1.165, 1.54) is 39.6 Å². The number of fused-ring (bicyclic) bond motifs is 1.